The van der Waals surface area contributed by atoms with E-state index in [4.69, 9.17) is 0 Å². The van der Waals surface area contributed by atoms with Crippen LogP contribution in [-0.2, 0) is 4.79 Å². The van der Waals surface area contributed by atoms with E-state index in [0.717, 1.165) is 31.0 Å². The number of carbonyl (C=O) groups is 2. The first kappa shape index (κ1) is 21.2. The highest BCUT2D eigenvalue weighted by Crippen LogP contribution is 2.33. The van der Waals surface area contributed by atoms with Gasteiger partial charge in [-0.05, 0) is 41.5 Å². The molecule has 3 heterocycles. The number of hydrogen-bond donors (Lipinski definition) is 1. The van der Waals surface area contributed by atoms with Crippen molar-refractivity contribution in [2.45, 2.75) is 13.3 Å². The molecule has 2 amide bonds. The van der Waals surface area contributed by atoms with E-state index in [1.807, 2.05) is 34.9 Å². The highest BCUT2D eigenvalue weighted by Gasteiger charge is 2.45. The molecule has 7 heteroatoms. The van der Waals surface area contributed by atoms with Crippen molar-refractivity contribution < 1.29 is 9.59 Å². The molecular formula is C28H26N5O2+. The molecule has 3 aromatic rings. The Labute approximate surface area is 204 Å². The van der Waals surface area contributed by atoms with Gasteiger partial charge in [-0.3, -0.25) is 9.59 Å². The summed E-state index contributed by atoms with van der Waals surface area (Å²) in [4.78, 5) is 31.7. The third kappa shape index (κ3) is 3.66. The average Bonchev–Trinajstić information content (AvgIpc) is 2.89. The van der Waals surface area contributed by atoms with Gasteiger partial charge in [0.05, 0.1) is 5.69 Å². The third-order valence-corrected chi connectivity index (χ3v) is 6.84. The number of carbonyl (C=O) groups excluding carboxylic acids is 2. The van der Waals surface area contributed by atoms with Crippen LogP contribution in [0.25, 0.3) is 11.1 Å². The lowest BCUT2D eigenvalue weighted by molar-refractivity contribution is -0.110. The van der Waals surface area contributed by atoms with Crippen LogP contribution in [0.4, 0.5) is 17.1 Å². The largest absolute Gasteiger partial charge is 0.389 e. The fourth-order valence-electron chi connectivity index (χ4n) is 4.95. The number of benzene rings is 3. The summed E-state index contributed by atoms with van der Waals surface area (Å²) in [5.41, 5.74) is 5.67. The Morgan fingerprint density at radius 2 is 1.69 bits per heavy atom. The lowest BCUT2D eigenvalue weighted by Gasteiger charge is -2.36. The van der Waals surface area contributed by atoms with Gasteiger partial charge in [-0.25, -0.2) is 4.67 Å². The maximum atomic E-state index is 13.3. The molecule has 6 rings (SSSR count). The van der Waals surface area contributed by atoms with E-state index in [-0.39, 0.29) is 11.8 Å². The van der Waals surface area contributed by atoms with Crippen molar-refractivity contribution >= 4 is 40.5 Å². The molecule has 3 aliphatic rings. The molecule has 7 nitrogen and oxygen atoms in total. The number of nitrogens with zero attached hydrogens (tertiary/aromatic N) is 4. The number of amides is 2. The van der Waals surface area contributed by atoms with Crippen LogP contribution in [0.1, 0.15) is 23.7 Å². The normalized spacial score (nSPS) is 16.5. The second kappa shape index (κ2) is 8.46. The van der Waals surface area contributed by atoms with E-state index in [9.17, 15) is 9.59 Å². The van der Waals surface area contributed by atoms with Crippen LogP contribution < -0.4 is 19.8 Å². The smallest absolute Gasteiger partial charge is 0.368 e. The fourth-order valence-corrected chi connectivity index (χ4v) is 4.95. The minimum absolute atomic E-state index is 0.0116. The first-order chi connectivity index (χ1) is 17.1. The van der Waals surface area contributed by atoms with Gasteiger partial charge in [-0.1, -0.05) is 49.4 Å². The standard InChI is InChI=1S/C28H25N5O2/c1-2-25-30-26-27(34)29-23-18-21(11-12-24(23)33(25)26)28(35)32-15-13-31(14-16-32)22-10-6-9-20(17-22)19-7-4-3-5-8-19/h3-12,17-18H,2,13-16H2,1H3/p+1. The van der Waals surface area contributed by atoms with Crippen LogP contribution in [0.3, 0.4) is 0 Å². The van der Waals surface area contributed by atoms with Gasteiger partial charge in [0.1, 0.15) is 5.69 Å². The zero-order chi connectivity index (χ0) is 23.9. The Hall–Kier alpha value is -4.35. The van der Waals surface area contributed by atoms with Crippen LogP contribution >= 0.6 is 0 Å². The quantitative estimate of drug-likeness (QED) is 0.601. The van der Waals surface area contributed by atoms with Crippen molar-refractivity contribution in [2.75, 3.05) is 41.3 Å². The molecule has 3 aromatic carbocycles. The molecule has 0 atom stereocenters. The second-order valence-electron chi connectivity index (χ2n) is 8.92. The van der Waals surface area contributed by atoms with Gasteiger partial charge in [0, 0.05) is 43.9 Å². The lowest BCUT2D eigenvalue weighted by Crippen LogP contribution is -2.56. The van der Waals surface area contributed by atoms with Gasteiger partial charge in [-0.15, -0.1) is 0 Å². The maximum Gasteiger partial charge on any atom is 0.389 e. The molecular weight excluding hydrogens is 438 g/mol. The summed E-state index contributed by atoms with van der Waals surface area (Å²) in [6.45, 7) is 4.85. The summed E-state index contributed by atoms with van der Waals surface area (Å²) in [5, 5.41) is 2.88. The first-order valence-corrected chi connectivity index (χ1v) is 12.0. The average molecular weight is 465 g/mol. The van der Waals surface area contributed by atoms with Crippen molar-refractivity contribution in [3.05, 3.63) is 78.4 Å². The summed E-state index contributed by atoms with van der Waals surface area (Å²) < 4.78 is 4.29. The fraction of sp³-hybridized carbons (Fsp3) is 0.214. The number of anilines is 3. The SMILES string of the molecule is CCC1=[N+]=C2C(=O)Nc3cc(C(=O)N4CCN(c5cccc(-c6ccccc6)c5)CC4)ccc3N12. The molecule has 3 aliphatic heterocycles. The van der Waals surface area contributed by atoms with Crippen molar-refractivity contribution in [3.63, 3.8) is 0 Å². The predicted octanol–water partition coefficient (Wildman–Crippen LogP) is 3.36. The van der Waals surface area contributed by atoms with E-state index in [1.54, 1.807) is 6.07 Å². The molecule has 0 aromatic heterocycles. The van der Waals surface area contributed by atoms with Crippen molar-refractivity contribution in [1.82, 2.24) is 9.57 Å². The maximum absolute atomic E-state index is 13.3. The van der Waals surface area contributed by atoms with Crippen molar-refractivity contribution in [2.24, 2.45) is 0 Å². The number of rotatable bonds is 4. The molecule has 0 unspecified atom stereocenters. The zero-order valence-electron chi connectivity index (χ0n) is 19.6. The Morgan fingerprint density at radius 1 is 0.914 bits per heavy atom. The summed E-state index contributed by atoms with van der Waals surface area (Å²) in [7, 11) is 0. The summed E-state index contributed by atoms with van der Waals surface area (Å²) in [6, 6.07) is 24.5. The molecule has 1 fully saturated rings. The highest BCUT2D eigenvalue weighted by atomic mass is 16.2. The van der Waals surface area contributed by atoms with Crippen LogP contribution in [0.2, 0.25) is 0 Å². The molecule has 1 saturated heterocycles. The number of amidine groups is 2. The Kier molecular flexibility index (Phi) is 5.12. The molecule has 0 aliphatic carbocycles. The molecule has 0 saturated carbocycles. The number of piperazine rings is 1. The van der Waals surface area contributed by atoms with Crippen molar-refractivity contribution in [1.29, 1.82) is 0 Å². The zero-order valence-corrected chi connectivity index (χ0v) is 19.6. The van der Waals surface area contributed by atoms with Crippen molar-refractivity contribution in [3.8, 4) is 11.1 Å². The van der Waals surface area contributed by atoms with E-state index in [1.165, 1.54) is 16.8 Å². The van der Waals surface area contributed by atoms with Gasteiger partial charge >= 0.3 is 17.6 Å². The molecule has 35 heavy (non-hydrogen) atoms. The second-order valence-corrected chi connectivity index (χ2v) is 8.92. The molecule has 0 spiro atoms. The predicted molar refractivity (Wildman–Crippen MR) is 140 cm³/mol. The van der Waals surface area contributed by atoms with Crippen LogP contribution in [0.5, 0.6) is 0 Å². The Bertz CT molecular complexity index is 1400. The number of fused-ring (bicyclic) bond motifs is 3. The molecule has 0 bridgehead atoms. The van der Waals surface area contributed by atoms with E-state index in [2.05, 4.69) is 63.4 Å². The van der Waals surface area contributed by atoms with Crippen LogP contribution in [-0.4, -0.2) is 54.6 Å². The molecule has 174 valence electrons. The minimum Gasteiger partial charge on any atom is -0.368 e. The Morgan fingerprint density at radius 3 is 2.46 bits per heavy atom. The van der Waals surface area contributed by atoms with Gasteiger partial charge in [0.15, 0.2) is 0 Å². The summed E-state index contributed by atoms with van der Waals surface area (Å²) in [5.74, 6) is 1.04. The van der Waals surface area contributed by atoms with Gasteiger partial charge in [0.25, 0.3) is 5.91 Å². The Balaban J connectivity index is 1.15. The van der Waals surface area contributed by atoms with Gasteiger partial charge in [0.2, 0.25) is 0 Å². The first-order valence-electron chi connectivity index (χ1n) is 12.0. The molecule has 0 radical (unpaired) electrons. The van der Waals surface area contributed by atoms with E-state index < -0.39 is 0 Å². The third-order valence-electron chi connectivity index (χ3n) is 6.84. The lowest BCUT2D eigenvalue weighted by atomic mass is 10.0. The monoisotopic (exact) mass is 464 g/mol. The minimum atomic E-state index is -0.231. The van der Waals surface area contributed by atoms with E-state index in [0.29, 0.717) is 30.2 Å². The van der Waals surface area contributed by atoms with Gasteiger partial charge < -0.3 is 15.1 Å². The summed E-state index contributed by atoms with van der Waals surface area (Å²) in [6.07, 6.45) is 0.745. The van der Waals surface area contributed by atoms with Gasteiger partial charge in [-0.2, -0.15) is 4.90 Å². The summed E-state index contributed by atoms with van der Waals surface area (Å²) >= 11 is 0. The number of hydrogen-bond acceptors (Lipinski definition) is 4. The highest BCUT2D eigenvalue weighted by molar-refractivity contribution is 6.56. The topological polar surface area (TPSA) is 70.0 Å². The van der Waals surface area contributed by atoms with Crippen LogP contribution in [0, 0.1) is 0 Å². The molecule has 1 N–H and O–H groups in total. The number of nitrogens with one attached hydrogen (secondary N) is 1. The van der Waals surface area contributed by atoms with E-state index >= 15 is 0 Å². The van der Waals surface area contributed by atoms with Crippen LogP contribution in [0.15, 0.2) is 72.8 Å².